The monoisotopic (exact) mass is 426 g/mol. The largest absolute Gasteiger partial charge is 0.383 e. The molecule has 0 amide bonds. The van der Waals surface area contributed by atoms with E-state index in [0.29, 0.717) is 6.61 Å². The van der Waals surface area contributed by atoms with E-state index in [1.807, 2.05) is 0 Å². The molecule has 0 bridgehead atoms. The van der Waals surface area contributed by atoms with E-state index >= 15 is 0 Å². The molecule has 1 aliphatic heterocycles. The van der Waals surface area contributed by atoms with Crippen molar-refractivity contribution in [2.75, 3.05) is 39.9 Å². The number of rotatable bonds is 7. The molecule has 1 saturated heterocycles. The first kappa shape index (κ1) is 21.9. The zero-order chi connectivity index (χ0) is 15.7. The van der Waals surface area contributed by atoms with Crippen LogP contribution in [0.3, 0.4) is 0 Å². The molecular weight excluding hydrogens is 391 g/mol. The van der Waals surface area contributed by atoms with Crippen LogP contribution in [0, 0.1) is 0 Å². The predicted molar refractivity (Wildman–Crippen MR) is 105 cm³/mol. The van der Waals surface area contributed by atoms with Gasteiger partial charge in [0, 0.05) is 25.2 Å². The Balaban J connectivity index is 0.00000441. The van der Waals surface area contributed by atoms with Gasteiger partial charge in [-0.2, -0.15) is 0 Å². The Hall–Kier alpha value is -0.0800. The fraction of sp³-hybridized carbons (Fsp3) is 0.938. The molecule has 6 heteroatoms. The van der Waals surface area contributed by atoms with Crippen LogP contribution in [0.2, 0.25) is 0 Å². The molecule has 0 radical (unpaired) electrons. The molecule has 22 heavy (non-hydrogen) atoms. The van der Waals surface area contributed by atoms with Gasteiger partial charge in [-0.25, -0.2) is 0 Å². The van der Waals surface area contributed by atoms with Gasteiger partial charge in [-0.15, -0.1) is 24.0 Å². The van der Waals surface area contributed by atoms with Crippen molar-refractivity contribution in [1.29, 1.82) is 0 Å². The fourth-order valence-corrected chi connectivity index (χ4v) is 2.72. The second kappa shape index (κ2) is 11.5. The van der Waals surface area contributed by atoms with Crippen LogP contribution in [-0.4, -0.2) is 62.3 Å². The maximum absolute atomic E-state index is 5.17. The molecule has 0 aromatic carbocycles. The van der Waals surface area contributed by atoms with Gasteiger partial charge in [0.1, 0.15) is 0 Å². The van der Waals surface area contributed by atoms with Crippen LogP contribution >= 0.6 is 24.0 Å². The molecule has 0 saturated carbocycles. The van der Waals surface area contributed by atoms with Gasteiger partial charge in [0.05, 0.1) is 13.2 Å². The minimum Gasteiger partial charge on any atom is -0.383 e. The van der Waals surface area contributed by atoms with Gasteiger partial charge in [-0.1, -0.05) is 6.42 Å². The smallest absolute Gasteiger partial charge is 0.191 e. The van der Waals surface area contributed by atoms with Gasteiger partial charge in [0.25, 0.3) is 0 Å². The molecule has 0 aromatic rings. The molecule has 0 spiro atoms. The van der Waals surface area contributed by atoms with Crippen LogP contribution in [-0.2, 0) is 4.74 Å². The number of likely N-dealkylation sites (tertiary alicyclic amines) is 1. The summed E-state index contributed by atoms with van der Waals surface area (Å²) in [6, 6.07) is 0.255. The molecule has 0 aromatic heterocycles. The Morgan fingerprint density at radius 3 is 2.45 bits per heavy atom. The Morgan fingerprint density at radius 1 is 1.27 bits per heavy atom. The molecule has 0 aliphatic carbocycles. The highest BCUT2D eigenvalue weighted by molar-refractivity contribution is 14.0. The molecular formula is C16H35IN4O. The van der Waals surface area contributed by atoms with E-state index < -0.39 is 0 Å². The van der Waals surface area contributed by atoms with Gasteiger partial charge in [-0.05, 0) is 53.6 Å². The van der Waals surface area contributed by atoms with Crippen molar-refractivity contribution >= 4 is 29.9 Å². The summed E-state index contributed by atoms with van der Waals surface area (Å²) in [5.74, 6) is 0.882. The normalized spacial score (nSPS) is 18.5. The summed E-state index contributed by atoms with van der Waals surface area (Å²) in [7, 11) is 1.72. The minimum absolute atomic E-state index is 0. The average Bonchev–Trinajstić information content (AvgIpc) is 2.46. The molecule has 1 atom stereocenters. The van der Waals surface area contributed by atoms with Crippen molar-refractivity contribution in [1.82, 2.24) is 15.5 Å². The van der Waals surface area contributed by atoms with Crippen molar-refractivity contribution in [2.24, 2.45) is 4.99 Å². The maximum Gasteiger partial charge on any atom is 0.191 e. The zero-order valence-electron chi connectivity index (χ0n) is 14.9. The van der Waals surface area contributed by atoms with Gasteiger partial charge in [-0.3, -0.25) is 9.89 Å². The molecule has 1 aliphatic rings. The van der Waals surface area contributed by atoms with Crippen LogP contribution in [0.4, 0.5) is 0 Å². The lowest BCUT2D eigenvalue weighted by Crippen LogP contribution is -2.50. The lowest BCUT2D eigenvalue weighted by molar-refractivity contribution is 0.102. The summed E-state index contributed by atoms with van der Waals surface area (Å²) in [6.07, 6.45) is 4.00. The quantitative estimate of drug-likeness (QED) is 0.373. The number of halogens is 1. The summed E-state index contributed by atoms with van der Waals surface area (Å²) in [4.78, 5) is 7.35. The number of hydrogen-bond donors (Lipinski definition) is 2. The highest BCUT2D eigenvalue weighted by Crippen LogP contribution is 2.20. The summed E-state index contributed by atoms with van der Waals surface area (Å²) >= 11 is 0. The second-order valence-corrected chi connectivity index (χ2v) is 6.56. The maximum atomic E-state index is 5.17. The SMILES string of the molecule is CCNC(=NCC(C)(C)N1CCCCC1)NC(C)COC.I. The second-order valence-electron chi connectivity index (χ2n) is 6.56. The van der Waals surface area contributed by atoms with Gasteiger partial charge in [0.2, 0.25) is 0 Å². The Kier molecular flexibility index (Phi) is 11.4. The number of nitrogens with one attached hydrogen (secondary N) is 2. The van der Waals surface area contributed by atoms with Crippen molar-refractivity contribution in [3.8, 4) is 0 Å². The van der Waals surface area contributed by atoms with E-state index in [9.17, 15) is 0 Å². The third kappa shape index (κ3) is 7.97. The van der Waals surface area contributed by atoms with Crippen molar-refractivity contribution < 1.29 is 4.74 Å². The van der Waals surface area contributed by atoms with E-state index in [4.69, 9.17) is 9.73 Å². The van der Waals surface area contributed by atoms with Crippen LogP contribution in [0.1, 0.15) is 47.0 Å². The van der Waals surface area contributed by atoms with Crippen LogP contribution in [0.25, 0.3) is 0 Å². The van der Waals surface area contributed by atoms with Crippen LogP contribution < -0.4 is 10.6 Å². The van der Waals surface area contributed by atoms with Crippen molar-refractivity contribution in [3.05, 3.63) is 0 Å². The molecule has 1 rings (SSSR count). The standard InChI is InChI=1S/C16H34N4O.HI/c1-6-17-15(19-14(2)12-21-5)18-13-16(3,4)20-10-8-7-9-11-20;/h14H,6-13H2,1-5H3,(H2,17,18,19);1H. The minimum atomic E-state index is 0. The summed E-state index contributed by atoms with van der Waals surface area (Å²) in [6.45, 7) is 13.5. The Labute approximate surface area is 153 Å². The summed E-state index contributed by atoms with van der Waals surface area (Å²) in [5.41, 5.74) is 0.118. The van der Waals surface area contributed by atoms with E-state index in [-0.39, 0.29) is 35.6 Å². The topological polar surface area (TPSA) is 48.9 Å². The summed E-state index contributed by atoms with van der Waals surface area (Å²) in [5, 5.41) is 6.70. The number of nitrogens with zero attached hydrogens (tertiary/aromatic N) is 2. The molecule has 1 fully saturated rings. The molecule has 1 heterocycles. The summed E-state index contributed by atoms with van der Waals surface area (Å²) < 4.78 is 5.17. The predicted octanol–water partition coefficient (Wildman–Crippen LogP) is 2.46. The van der Waals surface area contributed by atoms with E-state index in [2.05, 4.69) is 43.2 Å². The van der Waals surface area contributed by atoms with Gasteiger partial charge >= 0.3 is 0 Å². The molecule has 1 unspecified atom stereocenters. The molecule has 2 N–H and O–H groups in total. The zero-order valence-corrected chi connectivity index (χ0v) is 17.3. The first-order chi connectivity index (χ1) is 9.99. The number of hydrogen-bond acceptors (Lipinski definition) is 3. The fourth-order valence-electron chi connectivity index (χ4n) is 2.72. The van der Waals surface area contributed by atoms with E-state index in [1.165, 1.54) is 32.4 Å². The number of ether oxygens (including phenoxy) is 1. The van der Waals surface area contributed by atoms with E-state index in [0.717, 1.165) is 19.0 Å². The van der Waals surface area contributed by atoms with Crippen LogP contribution in [0.15, 0.2) is 4.99 Å². The number of aliphatic imine (C=N–C) groups is 1. The van der Waals surface area contributed by atoms with Gasteiger partial charge in [0.15, 0.2) is 5.96 Å². The van der Waals surface area contributed by atoms with Gasteiger partial charge < -0.3 is 15.4 Å². The number of guanidine groups is 1. The lowest BCUT2D eigenvalue weighted by Gasteiger charge is -2.40. The average molecular weight is 426 g/mol. The lowest BCUT2D eigenvalue weighted by atomic mass is 9.99. The highest BCUT2D eigenvalue weighted by atomic mass is 127. The van der Waals surface area contributed by atoms with Crippen molar-refractivity contribution in [3.63, 3.8) is 0 Å². The molecule has 5 nitrogen and oxygen atoms in total. The Bertz CT molecular complexity index is 317. The van der Waals surface area contributed by atoms with E-state index in [1.54, 1.807) is 7.11 Å². The first-order valence-electron chi connectivity index (χ1n) is 8.28. The third-order valence-electron chi connectivity index (χ3n) is 3.98. The van der Waals surface area contributed by atoms with Crippen molar-refractivity contribution in [2.45, 2.75) is 58.5 Å². The number of piperidine rings is 1. The Morgan fingerprint density at radius 2 is 1.91 bits per heavy atom. The highest BCUT2D eigenvalue weighted by Gasteiger charge is 2.27. The molecule has 132 valence electrons. The number of methoxy groups -OCH3 is 1. The van der Waals surface area contributed by atoms with Crippen LogP contribution in [0.5, 0.6) is 0 Å². The third-order valence-corrected chi connectivity index (χ3v) is 3.98. The first-order valence-corrected chi connectivity index (χ1v) is 8.28.